The van der Waals surface area contributed by atoms with Gasteiger partial charge in [-0.2, -0.15) is 30.8 Å². The number of aryl methyl sites for hydroxylation is 1. The van der Waals surface area contributed by atoms with E-state index >= 15 is 0 Å². The van der Waals surface area contributed by atoms with E-state index in [2.05, 4.69) is 95.0 Å². The van der Waals surface area contributed by atoms with Gasteiger partial charge in [0.2, 0.25) is 0 Å². The SMILES string of the molecule is CS(=O)(=O)c1c(C2CCOCC2)n(-c2ccc(F)cc2)c2cc3cn[nH]c3cc12.Fc1ccc(-n2c(C3CCOCC3)c(Cl)c3cc4[nH]ncc4cc32)cc1.N#Cc1c(C2CCOCC2)n(-c2ccc(F)cc2)c2cc3cn[nH]c3cc12.O=C(O)C1CC(c2c(C3CCOCC3)n(-c3ccc(F)c(F)c3)c3cc4cn[nH]c4cc23)C1.O=C(O)CCc1c(C2CCOCC2)n(-c2ccc(F)cc2)c2cc3cn[nH]c3cc12. The Kier molecular flexibility index (Phi) is 26.3. The summed E-state index contributed by atoms with van der Waals surface area (Å²) in [7, 11) is -3.53. The van der Waals surface area contributed by atoms with Gasteiger partial charge in [0.1, 0.15) is 29.3 Å². The molecule has 740 valence electrons. The molecular weight excluding hydrogens is 1900 g/mol. The number of H-pyrrole nitrogens is 5. The number of aromatic amines is 5. The molecular formula is C110H99ClF6N16O11S. The maximum atomic E-state index is 14.3. The molecule has 27 nitrogen and oxygen atoms in total. The van der Waals surface area contributed by atoms with Crippen LogP contribution in [0, 0.1) is 52.2 Å². The molecule has 0 bridgehead atoms. The number of nitriles is 1. The van der Waals surface area contributed by atoms with Crippen molar-refractivity contribution in [1.29, 1.82) is 5.26 Å². The highest BCUT2D eigenvalue weighted by Gasteiger charge is 2.42. The molecule has 7 N–H and O–H groups in total. The maximum absolute atomic E-state index is 14.3. The van der Waals surface area contributed by atoms with E-state index in [9.17, 15) is 59.8 Å². The molecule has 5 saturated heterocycles. The largest absolute Gasteiger partial charge is 0.481 e. The normalized spacial score (nSPS) is 17.0. The lowest BCUT2D eigenvalue weighted by Crippen LogP contribution is -2.30. The van der Waals surface area contributed by atoms with Crippen molar-refractivity contribution < 1.29 is 78.2 Å². The van der Waals surface area contributed by atoms with Gasteiger partial charge in [-0.25, -0.2) is 34.8 Å². The van der Waals surface area contributed by atoms with E-state index in [-0.39, 0.29) is 65.2 Å². The molecule has 20 aromatic rings. The Morgan fingerprint density at radius 3 is 1.10 bits per heavy atom. The number of hydrogen-bond acceptors (Lipinski definition) is 15. The molecule has 1 saturated carbocycles. The van der Waals surface area contributed by atoms with Crippen LogP contribution in [0.1, 0.15) is 164 Å². The summed E-state index contributed by atoms with van der Waals surface area (Å²) in [6.45, 7) is 6.64. The minimum atomic E-state index is -3.53. The van der Waals surface area contributed by atoms with Crippen molar-refractivity contribution in [3.63, 3.8) is 0 Å². The number of ether oxygens (including phenoxy) is 5. The minimum absolute atomic E-state index is 0.0300. The minimum Gasteiger partial charge on any atom is -0.481 e. The molecule has 10 aromatic carbocycles. The van der Waals surface area contributed by atoms with Crippen molar-refractivity contribution in [3.8, 4) is 34.5 Å². The predicted octanol–water partition coefficient (Wildman–Crippen LogP) is 23.4. The summed E-state index contributed by atoms with van der Waals surface area (Å²) in [5.41, 5.74) is 20.8. The van der Waals surface area contributed by atoms with Crippen LogP contribution in [0.3, 0.4) is 0 Å². The lowest BCUT2D eigenvalue weighted by molar-refractivity contribution is -0.145. The monoisotopic (exact) mass is 2000 g/mol. The van der Waals surface area contributed by atoms with E-state index in [1.54, 1.807) is 85.6 Å². The first-order valence-corrected chi connectivity index (χ1v) is 51.0. The fourth-order valence-electron chi connectivity index (χ4n) is 22.4. The summed E-state index contributed by atoms with van der Waals surface area (Å²) < 4.78 is 146. The average molecular weight is 2000 g/mol. The number of rotatable bonds is 16. The summed E-state index contributed by atoms with van der Waals surface area (Å²) >= 11 is 6.87. The number of carboxylic acids is 2. The van der Waals surface area contributed by atoms with Crippen molar-refractivity contribution in [3.05, 3.63) is 292 Å². The number of aliphatic carboxylic acids is 2. The van der Waals surface area contributed by atoms with Gasteiger partial charge in [-0.05, 0) is 270 Å². The highest BCUT2D eigenvalue weighted by molar-refractivity contribution is 7.91. The summed E-state index contributed by atoms with van der Waals surface area (Å²) in [4.78, 5) is 23.3. The van der Waals surface area contributed by atoms with Gasteiger partial charge in [-0.15, -0.1) is 0 Å². The van der Waals surface area contributed by atoms with Crippen LogP contribution in [0.4, 0.5) is 26.3 Å². The van der Waals surface area contributed by atoms with Crippen molar-refractivity contribution in [1.82, 2.24) is 73.8 Å². The Hall–Kier alpha value is -14.7. The molecule has 26 rings (SSSR count). The Morgan fingerprint density at radius 1 is 0.386 bits per heavy atom. The number of nitrogens with zero attached hydrogens (tertiary/aromatic N) is 11. The molecule has 0 amide bonds. The molecule has 145 heavy (non-hydrogen) atoms. The molecule has 0 spiro atoms. The van der Waals surface area contributed by atoms with Crippen LogP contribution in [0.15, 0.2) is 212 Å². The van der Waals surface area contributed by atoms with Crippen molar-refractivity contribution >= 4 is 142 Å². The molecule has 5 aliphatic heterocycles. The molecule has 0 radical (unpaired) electrons. The molecule has 1 aliphatic carbocycles. The summed E-state index contributed by atoms with van der Waals surface area (Å²) in [5.74, 6) is -3.78. The number of carboxylic acid groups (broad SMARTS) is 2. The zero-order chi connectivity index (χ0) is 99.6. The first-order chi connectivity index (χ1) is 70.5. The first kappa shape index (κ1) is 95.2. The fraction of sp³-hybridized carbons (Fsp3) is 0.291. The van der Waals surface area contributed by atoms with Crippen LogP contribution < -0.4 is 0 Å². The van der Waals surface area contributed by atoms with Crippen LogP contribution in [0.25, 0.3) is 137 Å². The first-order valence-electron chi connectivity index (χ1n) is 48.7. The number of sulfone groups is 1. The van der Waals surface area contributed by atoms with Crippen molar-refractivity contribution in [2.75, 3.05) is 72.3 Å². The number of hydrogen-bond donors (Lipinski definition) is 7. The van der Waals surface area contributed by atoms with Crippen molar-refractivity contribution in [2.45, 2.75) is 130 Å². The molecule has 6 fully saturated rings. The summed E-state index contributed by atoms with van der Waals surface area (Å²) in [6, 6.07) is 52.2. The van der Waals surface area contributed by atoms with Gasteiger partial charge in [0, 0.05) is 225 Å². The zero-order valence-corrected chi connectivity index (χ0v) is 80.3. The van der Waals surface area contributed by atoms with E-state index in [1.165, 1.54) is 60.9 Å². The lowest BCUT2D eigenvalue weighted by Gasteiger charge is -2.35. The van der Waals surface area contributed by atoms with Gasteiger partial charge < -0.3 is 56.7 Å². The summed E-state index contributed by atoms with van der Waals surface area (Å²) in [5, 5.41) is 74.4. The van der Waals surface area contributed by atoms with Crippen LogP contribution in [-0.4, -0.2) is 177 Å². The van der Waals surface area contributed by atoms with Crippen LogP contribution in [0.5, 0.6) is 0 Å². The topological polar surface area (TPSA) is 347 Å². The second kappa shape index (κ2) is 40.1. The van der Waals surface area contributed by atoms with Crippen LogP contribution in [-0.2, 0) is 49.5 Å². The van der Waals surface area contributed by atoms with E-state index in [0.29, 0.717) is 99.6 Å². The van der Waals surface area contributed by atoms with E-state index in [0.717, 1.165) is 255 Å². The molecule has 35 heteroatoms. The number of aromatic nitrogens is 15. The Morgan fingerprint density at radius 2 is 0.703 bits per heavy atom. The number of halogens is 7. The number of carbonyl (C=O) groups is 2. The third-order valence-corrected chi connectivity index (χ3v) is 30.9. The number of fused-ring (bicyclic) bond motifs is 10. The molecule has 10 aromatic heterocycles. The Bertz CT molecular complexity index is 8470. The molecule has 0 atom stereocenters. The van der Waals surface area contributed by atoms with Crippen molar-refractivity contribution in [2.24, 2.45) is 5.92 Å². The van der Waals surface area contributed by atoms with Crippen LogP contribution in [0.2, 0.25) is 5.02 Å². The highest BCUT2D eigenvalue weighted by Crippen LogP contribution is 2.53. The molecule has 15 heterocycles. The zero-order valence-electron chi connectivity index (χ0n) is 78.7. The Labute approximate surface area is 829 Å². The number of benzene rings is 10. The summed E-state index contributed by atoms with van der Waals surface area (Å²) in [6.07, 6.45) is 20.1. The predicted molar refractivity (Wildman–Crippen MR) is 540 cm³/mol. The van der Waals surface area contributed by atoms with Crippen LogP contribution >= 0.6 is 11.6 Å². The van der Waals surface area contributed by atoms with Gasteiger partial charge >= 0.3 is 11.9 Å². The quantitative estimate of drug-likeness (QED) is 0.0442. The van der Waals surface area contributed by atoms with Gasteiger partial charge in [-0.1, -0.05) is 11.6 Å². The molecule has 6 aliphatic rings. The van der Waals surface area contributed by atoms with E-state index < -0.39 is 33.4 Å². The van der Waals surface area contributed by atoms with E-state index in [4.69, 9.17) is 35.3 Å². The van der Waals surface area contributed by atoms with Gasteiger partial charge in [0.25, 0.3) is 0 Å². The lowest BCUT2D eigenvalue weighted by atomic mass is 9.69. The van der Waals surface area contributed by atoms with E-state index in [1.807, 2.05) is 45.5 Å². The van der Waals surface area contributed by atoms with Gasteiger partial charge in [0.15, 0.2) is 21.5 Å². The second-order valence-corrected chi connectivity index (χ2v) is 40.4. The van der Waals surface area contributed by atoms with Gasteiger partial charge in [-0.3, -0.25) is 35.1 Å². The third-order valence-electron chi connectivity index (χ3n) is 29.4. The fourth-order valence-corrected chi connectivity index (χ4v) is 24.0. The second-order valence-electron chi connectivity index (χ2n) is 38.1. The standard InChI is InChI=1S/C25H23F2N3O3.C23H22FN3O3.C21H17FN4O.C21H20FN3O3S.C20H17ClFN3O/c26-19-2-1-17(10-20(19)27)30-22-9-16-12-28-29-21(16)11-18(22)23(14-7-15(8-14)25(31)32)24(30)13-3-5-33-6-4-13;24-16-1-3-17(4-2-16)27-21-11-15-13-25-26-20(15)12-19(21)18(5-6-22(28)29)23(27)14-7-9-30-10-8-14;22-15-1-3-16(4-2-15)26-20-9-14-12-24-25-19(14)10-17(20)18(11-23)21(26)13-5-7-27-8-6-13;1-29(26,27)21-17-11-18-14(12-23-24-18)10-19(17)25(16-4-2-15(22)3-5-16)20(21)13-6-8-28-9-7-13;21-19-16-10-17-13(11-23-24-17)9-18(16)25(15-3-1-14(22)2-4-15)20(19)12-5-7-26-8-6-12/h1-2,9-15H,3-8H2,(H,28,29)(H,31,32);1-4,11-14H,5-10H2,(H,25,26)(H,28,29);1-4,9-10,12-13H,5-8H2,(H,24,25);2-5,10-13H,6-9H2,1H3,(H,23,24);1-4,9-12H,5-8H2,(H,23,24). The van der Waals surface area contributed by atoms with Gasteiger partial charge in [0.05, 0.1) is 108 Å². The number of nitrogens with one attached hydrogen (secondary N) is 5. The smallest absolute Gasteiger partial charge is 0.306 e. The Balaban J connectivity index is 0.000000104. The average Bonchev–Trinajstić information content (AvgIpc) is 1.56. The third kappa shape index (κ3) is 18.4. The highest BCUT2D eigenvalue weighted by atomic mass is 35.5. The maximum Gasteiger partial charge on any atom is 0.306 e. The molecule has 0 unspecified atom stereocenters.